The fourth-order valence-electron chi connectivity index (χ4n) is 3.82. The van der Waals surface area contributed by atoms with Gasteiger partial charge in [-0.2, -0.15) is 0 Å². The molecule has 0 aliphatic rings. The Hall–Kier alpha value is -3.69. The van der Waals surface area contributed by atoms with Gasteiger partial charge in [0.25, 0.3) is 5.91 Å². The van der Waals surface area contributed by atoms with Gasteiger partial charge in [-0.05, 0) is 60.2 Å². The van der Waals surface area contributed by atoms with Crippen molar-refractivity contribution in [2.45, 2.75) is 10.1 Å². The largest absolute Gasteiger partial charge is 0.322 e. The third-order valence-corrected chi connectivity index (χ3v) is 8.34. The summed E-state index contributed by atoms with van der Waals surface area (Å²) in [5, 5.41) is 8.32. The van der Waals surface area contributed by atoms with E-state index in [1.54, 1.807) is 48.5 Å². The third kappa shape index (κ3) is 6.71. The van der Waals surface area contributed by atoms with E-state index in [0.717, 1.165) is 16.0 Å². The number of thioether (sulfide) groups is 1. The van der Waals surface area contributed by atoms with Crippen molar-refractivity contribution in [1.82, 2.24) is 4.98 Å². The summed E-state index contributed by atoms with van der Waals surface area (Å²) in [6, 6.07) is 27.4. The van der Waals surface area contributed by atoms with Crippen molar-refractivity contribution in [3.63, 3.8) is 0 Å². The smallest absolute Gasteiger partial charge is 0.258 e. The fourth-order valence-corrected chi connectivity index (χ4v) is 6.06. The van der Waals surface area contributed by atoms with Gasteiger partial charge in [0, 0.05) is 26.5 Å². The summed E-state index contributed by atoms with van der Waals surface area (Å²) in [4.78, 5) is 31.3. The van der Waals surface area contributed by atoms with E-state index in [1.165, 1.54) is 41.3 Å². The molecule has 1 atom stereocenters. The Labute approximate surface area is 248 Å². The van der Waals surface area contributed by atoms with E-state index in [0.29, 0.717) is 26.6 Å². The minimum atomic E-state index is -0.590. The maximum atomic E-state index is 13.9. The Morgan fingerprint density at radius 2 is 1.60 bits per heavy atom. The first-order valence-corrected chi connectivity index (χ1v) is 14.5. The molecule has 200 valence electrons. The van der Waals surface area contributed by atoms with Crippen molar-refractivity contribution in [3.8, 4) is 11.3 Å². The molecule has 4 aromatic carbocycles. The molecule has 0 bridgehead atoms. The quantitative estimate of drug-likeness (QED) is 0.173. The summed E-state index contributed by atoms with van der Waals surface area (Å²) in [6.07, 6.45) is 0. The fraction of sp³-hybridized carbons (Fsp3) is 0.0333. The average Bonchev–Trinajstić information content (AvgIpc) is 3.41. The van der Waals surface area contributed by atoms with E-state index >= 15 is 0 Å². The Balaban J connectivity index is 1.31. The van der Waals surface area contributed by atoms with Gasteiger partial charge in [-0.15, -0.1) is 23.1 Å². The number of amides is 2. The van der Waals surface area contributed by atoms with Crippen molar-refractivity contribution in [1.29, 1.82) is 0 Å². The van der Waals surface area contributed by atoms with Crippen LogP contribution in [0.2, 0.25) is 10.0 Å². The zero-order valence-electron chi connectivity index (χ0n) is 20.6. The van der Waals surface area contributed by atoms with Crippen molar-refractivity contribution in [2.24, 2.45) is 0 Å². The Morgan fingerprint density at radius 1 is 0.875 bits per heavy atom. The second kappa shape index (κ2) is 12.7. The summed E-state index contributed by atoms with van der Waals surface area (Å²) in [7, 11) is 0. The maximum absolute atomic E-state index is 13.9. The van der Waals surface area contributed by atoms with Gasteiger partial charge >= 0.3 is 0 Å². The lowest BCUT2D eigenvalue weighted by Gasteiger charge is -2.16. The number of aromatic nitrogens is 1. The lowest BCUT2D eigenvalue weighted by Crippen LogP contribution is -2.19. The number of nitrogens with zero attached hydrogens (tertiary/aromatic N) is 1. The van der Waals surface area contributed by atoms with Gasteiger partial charge in [0.05, 0.1) is 16.3 Å². The lowest BCUT2D eigenvalue weighted by molar-refractivity contribution is -0.115. The van der Waals surface area contributed by atoms with Crippen LogP contribution in [0.5, 0.6) is 0 Å². The summed E-state index contributed by atoms with van der Waals surface area (Å²) in [5.41, 5.74) is 2.65. The molecule has 10 heteroatoms. The SMILES string of the molecule is O=C(Nc1ccc(SC(C(=O)Nc2nc(-c3ccc(Cl)cc3Cl)cs2)c2ccccc2)cc1)c1ccccc1F. The van der Waals surface area contributed by atoms with Gasteiger partial charge in [-0.25, -0.2) is 9.37 Å². The van der Waals surface area contributed by atoms with Crippen LogP contribution >= 0.6 is 46.3 Å². The van der Waals surface area contributed by atoms with Crippen LogP contribution in [0.15, 0.2) is 107 Å². The normalized spacial score (nSPS) is 11.6. The first kappa shape index (κ1) is 27.9. The molecule has 5 nitrogen and oxygen atoms in total. The first-order chi connectivity index (χ1) is 19.4. The number of hydrogen-bond donors (Lipinski definition) is 2. The molecule has 0 aliphatic heterocycles. The molecule has 5 rings (SSSR count). The van der Waals surface area contributed by atoms with Crippen LogP contribution in [0.4, 0.5) is 15.2 Å². The Bertz CT molecular complexity index is 1660. The number of rotatable bonds is 8. The molecule has 0 saturated heterocycles. The predicted molar refractivity (Wildman–Crippen MR) is 162 cm³/mol. The van der Waals surface area contributed by atoms with Crippen molar-refractivity contribution < 1.29 is 14.0 Å². The number of carbonyl (C=O) groups excluding carboxylic acids is 2. The van der Waals surface area contributed by atoms with Crippen LogP contribution in [0.25, 0.3) is 11.3 Å². The molecule has 0 aliphatic carbocycles. The summed E-state index contributed by atoms with van der Waals surface area (Å²) >= 11 is 15.0. The molecule has 2 amide bonds. The standard InChI is InChI=1S/C30H20Cl2FN3O2S2/c31-19-10-15-22(24(32)16-19)26-17-39-30(35-26)36-29(38)27(18-6-2-1-3-7-18)40-21-13-11-20(12-14-21)34-28(37)23-8-4-5-9-25(23)33/h1-17,27H,(H,34,37)(H,35,36,38). The molecule has 40 heavy (non-hydrogen) atoms. The lowest BCUT2D eigenvalue weighted by atomic mass is 10.1. The highest BCUT2D eigenvalue weighted by molar-refractivity contribution is 8.00. The molecular formula is C30H20Cl2FN3O2S2. The molecule has 1 unspecified atom stereocenters. The maximum Gasteiger partial charge on any atom is 0.258 e. The summed E-state index contributed by atoms with van der Waals surface area (Å²) in [6.45, 7) is 0. The number of nitrogens with one attached hydrogen (secondary N) is 2. The first-order valence-electron chi connectivity index (χ1n) is 12.0. The second-order valence-electron chi connectivity index (χ2n) is 8.52. The summed E-state index contributed by atoms with van der Waals surface area (Å²) < 4.78 is 13.9. The highest BCUT2D eigenvalue weighted by Crippen LogP contribution is 2.38. The molecule has 0 saturated carbocycles. The third-order valence-electron chi connectivity index (χ3n) is 5.77. The van der Waals surface area contributed by atoms with Gasteiger partial charge < -0.3 is 10.6 Å². The van der Waals surface area contributed by atoms with Crippen molar-refractivity contribution in [2.75, 3.05) is 10.6 Å². The highest BCUT2D eigenvalue weighted by Gasteiger charge is 2.23. The molecule has 1 aromatic heterocycles. The van der Waals surface area contributed by atoms with Crippen LogP contribution in [-0.2, 0) is 4.79 Å². The van der Waals surface area contributed by atoms with E-state index < -0.39 is 17.0 Å². The highest BCUT2D eigenvalue weighted by atomic mass is 35.5. The van der Waals surface area contributed by atoms with Crippen LogP contribution in [0.1, 0.15) is 21.2 Å². The van der Waals surface area contributed by atoms with E-state index in [-0.39, 0.29) is 11.5 Å². The minimum absolute atomic E-state index is 0.0366. The number of thiazole rings is 1. The zero-order chi connectivity index (χ0) is 28.1. The Kier molecular flexibility index (Phi) is 8.81. The minimum Gasteiger partial charge on any atom is -0.322 e. The van der Waals surface area contributed by atoms with Gasteiger partial charge in [0.15, 0.2) is 5.13 Å². The molecule has 5 aromatic rings. The van der Waals surface area contributed by atoms with Gasteiger partial charge in [-0.3, -0.25) is 9.59 Å². The van der Waals surface area contributed by atoms with E-state index in [1.807, 2.05) is 35.7 Å². The van der Waals surface area contributed by atoms with Crippen molar-refractivity contribution in [3.05, 3.63) is 129 Å². The number of carbonyl (C=O) groups is 2. The number of hydrogen-bond acceptors (Lipinski definition) is 5. The van der Waals surface area contributed by atoms with E-state index in [2.05, 4.69) is 15.6 Å². The zero-order valence-corrected chi connectivity index (χ0v) is 23.8. The van der Waals surface area contributed by atoms with Crippen LogP contribution in [0.3, 0.4) is 0 Å². The van der Waals surface area contributed by atoms with Crippen LogP contribution in [-0.4, -0.2) is 16.8 Å². The molecule has 0 fully saturated rings. The van der Waals surface area contributed by atoms with E-state index in [4.69, 9.17) is 23.2 Å². The van der Waals surface area contributed by atoms with Gasteiger partial charge in [0.2, 0.25) is 5.91 Å². The Morgan fingerprint density at radius 3 is 2.33 bits per heavy atom. The van der Waals surface area contributed by atoms with E-state index in [9.17, 15) is 14.0 Å². The number of anilines is 2. The van der Waals surface area contributed by atoms with Crippen molar-refractivity contribution >= 4 is 68.9 Å². The van der Waals surface area contributed by atoms with Crippen LogP contribution < -0.4 is 10.6 Å². The van der Waals surface area contributed by atoms with Gasteiger partial charge in [0.1, 0.15) is 11.1 Å². The molecular weight excluding hydrogens is 588 g/mol. The molecule has 0 spiro atoms. The predicted octanol–water partition coefficient (Wildman–Crippen LogP) is 8.98. The van der Waals surface area contributed by atoms with Crippen LogP contribution in [0, 0.1) is 5.82 Å². The van der Waals surface area contributed by atoms with Gasteiger partial charge in [-0.1, -0.05) is 65.7 Å². The molecule has 2 N–H and O–H groups in total. The second-order valence-corrected chi connectivity index (χ2v) is 11.4. The topological polar surface area (TPSA) is 71.1 Å². The number of halogens is 3. The molecule has 0 radical (unpaired) electrons. The monoisotopic (exact) mass is 607 g/mol. The summed E-state index contributed by atoms with van der Waals surface area (Å²) in [5.74, 6) is -1.37. The average molecular weight is 609 g/mol. The molecule has 1 heterocycles. The number of benzene rings is 4.